The van der Waals surface area contributed by atoms with Gasteiger partial charge in [0.2, 0.25) is 0 Å². The third kappa shape index (κ3) is 56.0. The van der Waals surface area contributed by atoms with Gasteiger partial charge < -0.3 is 14.2 Å². The van der Waals surface area contributed by atoms with Crippen LogP contribution in [0.2, 0.25) is 0 Å². The Kier molecular flexibility index (Phi) is 56.3. The predicted molar refractivity (Wildman–Crippen MR) is 302 cm³/mol. The lowest BCUT2D eigenvalue weighted by Gasteiger charge is -2.18. The molecule has 0 N–H and O–H groups in total. The Morgan fingerprint density at radius 1 is 0.286 bits per heavy atom. The predicted octanol–water partition coefficient (Wildman–Crippen LogP) is 20.4. The summed E-state index contributed by atoms with van der Waals surface area (Å²) in [7, 11) is 0. The molecular weight excluding hydrogens is 865 g/mol. The Labute approximate surface area is 434 Å². The second-order valence-corrected chi connectivity index (χ2v) is 20.3. The molecule has 6 heteroatoms. The molecule has 0 amide bonds. The smallest absolute Gasteiger partial charge is 0.306 e. The number of esters is 3. The zero-order valence-corrected chi connectivity index (χ0v) is 46.5. The summed E-state index contributed by atoms with van der Waals surface area (Å²) in [4.78, 5) is 38.2. The molecule has 0 spiro atoms. The van der Waals surface area contributed by atoms with E-state index in [1.54, 1.807) is 0 Å². The van der Waals surface area contributed by atoms with Crippen molar-refractivity contribution in [3.8, 4) is 0 Å². The SMILES string of the molecule is CCCCC/C=C/C/C=C/C/C=C/C/C=C/CCCCCC(=O)OC[C@@H](COC(=O)CCCCCCCCCCCCCCCCCC)OC(=O)CCCCCCCCC/C=C/CCCCCCCC. The minimum atomic E-state index is -0.788. The van der Waals surface area contributed by atoms with Crippen molar-refractivity contribution in [3.05, 3.63) is 60.8 Å². The van der Waals surface area contributed by atoms with Gasteiger partial charge in [-0.1, -0.05) is 261 Å². The molecule has 0 aliphatic carbocycles. The number of ether oxygens (including phenoxy) is 3. The number of hydrogen-bond donors (Lipinski definition) is 0. The van der Waals surface area contributed by atoms with Crippen LogP contribution in [0.5, 0.6) is 0 Å². The minimum absolute atomic E-state index is 0.0833. The van der Waals surface area contributed by atoms with Crippen molar-refractivity contribution in [2.45, 2.75) is 316 Å². The molecule has 0 saturated carbocycles. The van der Waals surface area contributed by atoms with Gasteiger partial charge in [0, 0.05) is 19.3 Å². The number of rotatable bonds is 55. The van der Waals surface area contributed by atoms with Gasteiger partial charge in [0.15, 0.2) is 6.10 Å². The van der Waals surface area contributed by atoms with Crippen LogP contribution in [0.25, 0.3) is 0 Å². The Bertz CT molecular complexity index is 1260. The van der Waals surface area contributed by atoms with Gasteiger partial charge in [-0.15, -0.1) is 0 Å². The minimum Gasteiger partial charge on any atom is -0.462 e. The van der Waals surface area contributed by atoms with E-state index in [1.165, 1.54) is 186 Å². The van der Waals surface area contributed by atoms with Crippen LogP contribution < -0.4 is 0 Å². The molecule has 0 fully saturated rings. The van der Waals surface area contributed by atoms with Crippen LogP contribution in [0.3, 0.4) is 0 Å². The van der Waals surface area contributed by atoms with Crippen LogP contribution in [0, 0.1) is 0 Å². The molecule has 0 aliphatic rings. The summed E-state index contributed by atoms with van der Waals surface area (Å²) < 4.78 is 16.9. The molecule has 0 aromatic rings. The number of hydrogen-bond acceptors (Lipinski definition) is 6. The van der Waals surface area contributed by atoms with Crippen molar-refractivity contribution >= 4 is 17.9 Å². The van der Waals surface area contributed by atoms with Crippen molar-refractivity contribution < 1.29 is 28.6 Å². The van der Waals surface area contributed by atoms with Gasteiger partial charge in [0.1, 0.15) is 13.2 Å². The van der Waals surface area contributed by atoms with Gasteiger partial charge in [-0.3, -0.25) is 14.4 Å². The maximum absolute atomic E-state index is 12.9. The summed E-state index contributed by atoms with van der Waals surface area (Å²) >= 11 is 0. The van der Waals surface area contributed by atoms with Crippen LogP contribution in [0.4, 0.5) is 0 Å². The fourth-order valence-electron chi connectivity index (χ4n) is 8.66. The van der Waals surface area contributed by atoms with Gasteiger partial charge in [-0.05, 0) is 89.9 Å². The zero-order chi connectivity index (χ0) is 50.7. The lowest BCUT2D eigenvalue weighted by molar-refractivity contribution is -0.167. The molecule has 0 bridgehead atoms. The van der Waals surface area contributed by atoms with E-state index < -0.39 is 6.10 Å². The third-order valence-electron chi connectivity index (χ3n) is 13.2. The van der Waals surface area contributed by atoms with E-state index in [4.69, 9.17) is 14.2 Å². The van der Waals surface area contributed by atoms with Crippen molar-refractivity contribution in [1.29, 1.82) is 0 Å². The lowest BCUT2D eigenvalue weighted by atomic mass is 10.0. The monoisotopic (exact) mass is 979 g/mol. The molecule has 0 radical (unpaired) electrons. The Hall–Kier alpha value is -2.89. The molecule has 406 valence electrons. The second kappa shape index (κ2) is 58.7. The molecule has 0 aliphatic heterocycles. The normalized spacial score (nSPS) is 12.4. The van der Waals surface area contributed by atoms with E-state index in [1.807, 2.05) is 0 Å². The molecule has 6 nitrogen and oxygen atoms in total. The fraction of sp³-hybridized carbons (Fsp3) is 0.797. The van der Waals surface area contributed by atoms with Gasteiger partial charge in [-0.2, -0.15) is 0 Å². The summed E-state index contributed by atoms with van der Waals surface area (Å²) in [5.74, 6) is -0.905. The summed E-state index contributed by atoms with van der Waals surface area (Å²) in [6.45, 7) is 6.61. The highest BCUT2D eigenvalue weighted by Crippen LogP contribution is 2.16. The van der Waals surface area contributed by atoms with Crippen LogP contribution >= 0.6 is 0 Å². The standard InChI is InChI=1S/C64H114O6/c1-4-7-10-13-16-19-22-25-28-31-32-34-36-39-42-45-48-51-54-57-63(66)69-60-61(59-68-62(65)56-53-50-47-44-41-38-35-30-27-24-21-18-15-12-9-6-3)70-64(67)58-55-52-49-46-43-40-37-33-29-26-23-20-17-14-11-8-5-2/h16,19,25-26,28-29,32,34,39,42,61H,4-15,17-18,20-24,27,30-31,33,35-38,40-41,43-60H2,1-3H3/b19-16+,28-25+,29-26+,34-32+,42-39+/t61-/m1/s1. The van der Waals surface area contributed by atoms with Gasteiger partial charge in [0.05, 0.1) is 0 Å². The highest BCUT2D eigenvalue weighted by atomic mass is 16.6. The average Bonchev–Trinajstić information content (AvgIpc) is 3.36. The quantitative estimate of drug-likeness (QED) is 0.0261. The maximum atomic E-state index is 12.9. The van der Waals surface area contributed by atoms with Crippen molar-refractivity contribution in [3.63, 3.8) is 0 Å². The average molecular weight is 980 g/mol. The molecule has 0 aromatic carbocycles. The van der Waals surface area contributed by atoms with E-state index in [-0.39, 0.29) is 31.1 Å². The fourth-order valence-corrected chi connectivity index (χ4v) is 8.66. The van der Waals surface area contributed by atoms with Crippen molar-refractivity contribution in [2.24, 2.45) is 0 Å². The van der Waals surface area contributed by atoms with Crippen LogP contribution in [0.15, 0.2) is 60.8 Å². The van der Waals surface area contributed by atoms with Crippen LogP contribution in [-0.2, 0) is 28.6 Å². The first kappa shape index (κ1) is 67.1. The van der Waals surface area contributed by atoms with E-state index in [0.29, 0.717) is 19.3 Å². The van der Waals surface area contributed by atoms with Gasteiger partial charge in [0.25, 0.3) is 0 Å². The Morgan fingerprint density at radius 3 is 0.857 bits per heavy atom. The molecule has 70 heavy (non-hydrogen) atoms. The number of unbranched alkanes of at least 4 members (excludes halogenated alkanes) is 34. The first-order chi connectivity index (χ1) is 34.5. The van der Waals surface area contributed by atoms with E-state index in [2.05, 4.69) is 81.5 Å². The molecule has 0 unspecified atom stereocenters. The zero-order valence-electron chi connectivity index (χ0n) is 46.5. The summed E-state index contributed by atoms with van der Waals surface area (Å²) in [6, 6.07) is 0. The molecule has 0 aromatic heterocycles. The van der Waals surface area contributed by atoms with E-state index in [9.17, 15) is 14.4 Å². The topological polar surface area (TPSA) is 78.9 Å². The first-order valence-corrected chi connectivity index (χ1v) is 30.3. The lowest BCUT2D eigenvalue weighted by Crippen LogP contribution is -2.30. The largest absolute Gasteiger partial charge is 0.462 e. The number of allylic oxidation sites excluding steroid dienone is 10. The molecule has 0 saturated heterocycles. The summed E-state index contributed by atoms with van der Waals surface area (Å²) in [5, 5.41) is 0. The third-order valence-corrected chi connectivity index (χ3v) is 13.2. The van der Waals surface area contributed by atoms with Crippen LogP contribution in [-0.4, -0.2) is 37.2 Å². The van der Waals surface area contributed by atoms with Crippen LogP contribution in [0.1, 0.15) is 310 Å². The van der Waals surface area contributed by atoms with Gasteiger partial charge in [-0.25, -0.2) is 0 Å². The molecule has 1 atom stereocenters. The molecule has 0 heterocycles. The van der Waals surface area contributed by atoms with Gasteiger partial charge >= 0.3 is 17.9 Å². The second-order valence-electron chi connectivity index (χ2n) is 20.3. The van der Waals surface area contributed by atoms with Crippen molar-refractivity contribution in [1.82, 2.24) is 0 Å². The highest BCUT2D eigenvalue weighted by Gasteiger charge is 2.19. The maximum Gasteiger partial charge on any atom is 0.306 e. The first-order valence-electron chi connectivity index (χ1n) is 30.3. The van der Waals surface area contributed by atoms with E-state index >= 15 is 0 Å². The molecular formula is C64H114O6. The van der Waals surface area contributed by atoms with E-state index in [0.717, 1.165) is 83.5 Å². The highest BCUT2D eigenvalue weighted by molar-refractivity contribution is 5.71. The Morgan fingerprint density at radius 2 is 0.514 bits per heavy atom. The van der Waals surface area contributed by atoms with Crippen molar-refractivity contribution in [2.75, 3.05) is 13.2 Å². The Balaban J connectivity index is 4.42. The summed E-state index contributed by atoms with van der Waals surface area (Å²) in [5.41, 5.74) is 0. The molecule has 0 rings (SSSR count). The summed E-state index contributed by atoms with van der Waals surface area (Å²) in [6.07, 6.45) is 73.5. The number of carbonyl (C=O) groups is 3. The number of carbonyl (C=O) groups excluding carboxylic acids is 3.